The van der Waals surface area contributed by atoms with Crippen LogP contribution in [0, 0.1) is 5.92 Å². The van der Waals surface area contributed by atoms with Crippen molar-refractivity contribution in [1.29, 1.82) is 0 Å². The van der Waals surface area contributed by atoms with Gasteiger partial charge in [-0.25, -0.2) is 14.8 Å². The predicted octanol–water partition coefficient (Wildman–Crippen LogP) is 2.42. The number of carbonyl (C=O) groups is 1. The first kappa shape index (κ1) is 12.4. The van der Waals surface area contributed by atoms with Crippen molar-refractivity contribution >= 4 is 6.09 Å². The SMILES string of the molecule is C=C(C)[C@H]1CC[C@]2(C)OC(=O)N(N(C)C)[C@]12C. The fourth-order valence-corrected chi connectivity index (χ4v) is 3.58. The smallest absolute Gasteiger partial charge is 0.425 e. The zero-order chi connectivity index (χ0) is 13.0. The number of nitrogens with zero attached hydrogens (tertiary/aromatic N) is 2. The molecule has 0 unspecified atom stereocenters. The lowest BCUT2D eigenvalue weighted by Crippen LogP contribution is -2.59. The van der Waals surface area contributed by atoms with Crippen LogP contribution in [0.2, 0.25) is 0 Å². The summed E-state index contributed by atoms with van der Waals surface area (Å²) in [5.41, 5.74) is 0.401. The van der Waals surface area contributed by atoms with Crippen molar-refractivity contribution in [2.45, 2.75) is 44.8 Å². The number of hydrazine groups is 1. The molecule has 0 aromatic carbocycles. The van der Waals surface area contributed by atoms with Gasteiger partial charge in [0.1, 0.15) is 11.1 Å². The quantitative estimate of drug-likeness (QED) is 0.693. The molecule has 0 N–H and O–H groups in total. The molecule has 0 aromatic rings. The van der Waals surface area contributed by atoms with Gasteiger partial charge in [-0.1, -0.05) is 12.2 Å². The Morgan fingerprint density at radius 1 is 1.53 bits per heavy atom. The van der Waals surface area contributed by atoms with E-state index in [9.17, 15) is 4.79 Å². The summed E-state index contributed by atoms with van der Waals surface area (Å²) in [4.78, 5) is 12.0. The van der Waals surface area contributed by atoms with Crippen molar-refractivity contribution < 1.29 is 9.53 Å². The fourth-order valence-electron chi connectivity index (χ4n) is 3.58. The summed E-state index contributed by atoms with van der Waals surface area (Å²) in [7, 11) is 3.76. The number of hydrogen-bond donors (Lipinski definition) is 0. The average Bonchev–Trinajstić information content (AvgIpc) is 2.48. The first-order chi connectivity index (χ1) is 7.74. The minimum absolute atomic E-state index is 0.244. The molecule has 2 fully saturated rings. The zero-order valence-electron chi connectivity index (χ0n) is 11.4. The summed E-state index contributed by atoms with van der Waals surface area (Å²) in [6, 6.07) is 0. The maximum Gasteiger partial charge on any atom is 0.425 e. The summed E-state index contributed by atoms with van der Waals surface area (Å²) in [6.45, 7) is 10.3. The molecule has 1 heterocycles. The monoisotopic (exact) mass is 238 g/mol. The van der Waals surface area contributed by atoms with E-state index in [1.807, 2.05) is 33.0 Å². The highest BCUT2D eigenvalue weighted by atomic mass is 16.6. The lowest BCUT2D eigenvalue weighted by Gasteiger charge is -2.43. The Morgan fingerprint density at radius 2 is 2.12 bits per heavy atom. The third-order valence-electron chi connectivity index (χ3n) is 4.58. The van der Waals surface area contributed by atoms with Gasteiger partial charge in [0, 0.05) is 20.0 Å². The van der Waals surface area contributed by atoms with E-state index in [0.29, 0.717) is 5.92 Å². The summed E-state index contributed by atoms with van der Waals surface area (Å²) in [5, 5.41) is 3.58. The summed E-state index contributed by atoms with van der Waals surface area (Å²) in [6.07, 6.45) is 1.68. The molecular weight excluding hydrogens is 216 g/mol. The van der Waals surface area contributed by atoms with Crippen LogP contribution in [0.25, 0.3) is 0 Å². The molecule has 1 amide bonds. The molecule has 0 radical (unpaired) electrons. The van der Waals surface area contributed by atoms with Crippen LogP contribution in [0.15, 0.2) is 12.2 Å². The van der Waals surface area contributed by atoms with Gasteiger partial charge in [0.25, 0.3) is 0 Å². The second-order valence-electron chi connectivity index (χ2n) is 5.84. The average molecular weight is 238 g/mol. The van der Waals surface area contributed by atoms with Crippen molar-refractivity contribution in [2.24, 2.45) is 5.92 Å². The molecule has 0 spiro atoms. The predicted molar refractivity (Wildman–Crippen MR) is 66.4 cm³/mol. The third kappa shape index (κ3) is 1.36. The van der Waals surface area contributed by atoms with Crippen LogP contribution in [-0.4, -0.2) is 41.3 Å². The maximum atomic E-state index is 12.0. The van der Waals surface area contributed by atoms with Gasteiger partial charge in [-0.3, -0.25) is 0 Å². The van der Waals surface area contributed by atoms with E-state index < -0.39 is 5.60 Å². The van der Waals surface area contributed by atoms with E-state index in [0.717, 1.165) is 18.4 Å². The van der Waals surface area contributed by atoms with Crippen molar-refractivity contribution in [3.8, 4) is 0 Å². The van der Waals surface area contributed by atoms with E-state index in [4.69, 9.17) is 4.74 Å². The molecule has 0 bridgehead atoms. The summed E-state index contributed by atoms with van der Waals surface area (Å²) in [5.74, 6) is 0.293. The maximum absolute atomic E-state index is 12.0. The van der Waals surface area contributed by atoms with E-state index in [-0.39, 0.29) is 11.6 Å². The van der Waals surface area contributed by atoms with Crippen molar-refractivity contribution in [1.82, 2.24) is 10.0 Å². The highest BCUT2D eigenvalue weighted by Crippen LogP contribution is 2.55. The van der Waals surface area contributed by atoms with Gasteiger partial charge < -0.3 is 4.74 Å². The van der Waals surface area contributed by atoms with Crippen LogP contribution in [0.3, 0.4) is 0 Å². The Labute approximate surface area is 103 Å². The van der Waals surface area contributed by atoms with Crippen LogP contribution >= 0.6 is 0 Å². The number of carbonyl (C=O) groups excluding carboxylic acids is 1. The van der Waals surface area contributed by atoms with Crippen LogP contribution in [0.4, 0.5) is 4.79 Å². The zero-order valence-corrected chi connectivity index (χ0v) is 11.4. The van der Waals surface area contributed by atoms with E-state index in [2.05, 4.69) is 13.5 Å². The highest BCUT2D eigenvalue weighted by Gasteiger charge is 2.67. The molecule has 4 nitrogen and oxygen atoms in total. The summed E-state index contributed by atoms with van der Waals surface area (Å²) < 4.78 is 5.63. The minimum Gasteiger partial charge on any atom is -0.440 e. The van der Waals surface area contributed by atoms with Crippen LogP contribution in [0.5, 0.6) is 0 Å². The van der Waals surface area contributed by atoms with E-state index in [1.54, 1.807) is 5.01 Å². The molecular formula is C13H22N2O2. The lowest BCUT2D eigenvalue weighted by atomic mass is 9.77. The Kier molecular flexibility index (Phi) is 2.54. The van der Waals surface area contributed by atoms with Gasteiger partial charge in [0.15, 0.2) is 0 Å². The number of rotatable bonds is 2. The Balaban J connectivity index is 2.50. The Hall–Kier alpha value is -1.03. The molecule has 1 saturated carbocycles. The van der Waals surface area contributed by atoms with Gasteiger partial charge in [-0.15, -0.1) is 0 Å². The van der Waals surface area contributed by atoms with Crippen molar-refractivity contribution in [3.05, 3.63) is 12.2 Å². The number of fused-ring (bicyclic) bond motifs is 1. The highest BCUT2D eigenvalue weighted by molar-refractivity contribution is 5.73. The minimum atomic E-state index is -0.405. The number of ether oxygens (including phenoxy) is 1. The van der Waals surface area contributed by atoms with Crippen LogP contribution in [0.1, 0.15) is 33.6 Å². The van der Waals surface area contributed by atoms with Gasteiger partial charge in [-0.05, 0) is 33.6 Å². The molecule has 0 aromatic heterocycles. The molecule has 2 aliphatic rings. The Morgan fingerprint density at radius 3 is 2.59 bits per heavy atom. The number of amides is 1. The second-order valence-corrected chi connectivity index (χ2v) is 5.84. The van der Waals surface area contributed by atoms with Crippen molar-refractivity contribution in [3.63, 3.8) is 0 Å². The molecule has 1 aliphatic carbocycles. The van der Waals surface area contributed by atoms with E-state index >= 15 is 0 Å². The topological polar surface area (TPSA) is 32.8 Å². The van der Waals surface area contributed by atoms with Crippen LogP contribution < -0.4 is 0 Å². The van der Waals surface area contributed by atoms with Gasteiger partial charge >= 0.3 is 6.09 Å². The molecule has 2 rings (SSSR count). The van der Waals surface area contributed by atoms with E-state index in [1.165, 1.54) is 0 Å². The largest absolute Gasteiger partial charge is 0.440 e. The summed E-state index contributed by atoms with van der Waals surface area (Å²) >= 11 is 0. The molecule has 96 valence electrons. The normalized spacial score (nSPS) is 40.7. The second kappa shape index (κ2) is 3.48. The standard InChI is InChI=1S/C13H22N2O2/c1-9(2)10-7-8-12(3)13(10,4)15(14(5)6)11(16)17-12/h10H,1,7-8H2,2-6H3/t10-,12+,13-/m1/s1. The molecule has 1 saturated heterocycles. The third-order valence-corrected chi connectivity index (χ3v) is 4.58. The molecule has 17 heavy (non-hydrogen) atoms. The van der Waals surface area contributed by atoms with Gasteiger partial charge in [0.05, 0.1) is 0 Å². The first-order valence-corrected chi connectivity index (χ1v) is 6.10. The fraction of sp³-hybridized carbons (Fsp3) is 0.769. The van der Waals surface area contributed by atoms with Crippen LogP contribution in [-0.2, 0) is 4.74 Å². The molecule has 4 heteroatoms. The van der Waals surface area contributed by atoms with Gasteiger partial charge in [0.2, 0.25) is 0 Å². The van der Waals surface area contributed by atoms with Gasteiger partial charge in [-0.2, -0.15) is 0 Å². The number of hydrogen-bond acceptors (Lipinski definition) is 3. The first-order valence-electron chi connectivity index (χ1n) is 6.10. The lowest BCUT2D eigenvalue weighted by molar-refractivity contribution is -0.0429. The molecule has 1 aliphatic heterocycles. The molecule has 3 atom stereocenters. The Bertz CT molecular complexity index is 380. The van der Waals surface area contributed by atoms with Crippen molar-refractivity contribution in [2.75, 3.05) is 14.1 Å².